The molecule has 5 nitrogen and oxygen atoms in total. The molecular weight excluding hydrogens is 252 g/mol. The van der Waals surface area contributed by atoms with Gasteiger partial charge in [-0.1, -0.05) is 6.58 Å². The number of fused-ring (bicyclic) bond motifs is 1. The van der Waals surface area contributed by atoms with Crippen LogP contribution in [0, 0.1) is 0 Å². The van der Waals surface area contributed by atoms with Gasteiger partial charge in [0.15, 0.2) is 0 Å². The summed E-state index contributed by atoms with van der Waals surface area (Å²) in [6, 6.07) is 0. The fourth-order valence-electron chi connectivity index (χ4n) is 2.27. The van der Waals surface area contributed by atoms with Gasteiger partial charge in [0.1, 0.15) is 12.3 Å². The van der Waals surface area contributed by atoms with Gasteiger partial charge in [0.25, 0.3) is 0 Å². The van der Waals surface area contributed by atoms with Crippen molar-refractivity contribution in [3.8, 4) is 0 Å². The molecule has 1 aromatic heterocycles. The van der Waals surface area contributed by atoms with E-state index in [9.17, 15) is 5.11 Å². The highest BCUT2D eigenvalue weighted by atomic mass is 32.1. The predicted octanol–water partition coefficient (Wildman–Crippen LogP) is 0.868. The second-order valence-corrected chi connectivity index (χ2v) is 5.21. The number of rotatable bonds is 2. The highest BCUT2D eigenvalue weighted by molar-refractivity contribution is 7.11. The molecule has 1 fully saturated rings. The summed E-state index contributed by atoms with van der Waals surface area (Å²) in [7, 11) is 0. The van der Waals surface area contributed by atoms with Crippen LogP contribution in [0.1, 0.15) is 17.0 Å². The first kappa shape index (κ1) is 11.9. The molecule has 1 saturated heterocycles. The molecule has 96 valence electrons. The molecule has 0 saturated carbocycles. The molecule has 0 amide bonds. The lowest BCUT2D eigenvalue weighted by Gasteiger charge is -2.30. The topological polar surface area (TPSA) is 65.8 Å². The zero-order valence-electron chi connectivity index (χ0n) is 9.69. The van der Waals surface area contributed by atoms with Crippen LogP contribution in [-0.2, 0) is 4.74 Å². The molecule has 18 heavy (non-hydrogen) atoms. The summed E-state index contributed by atoms with van der Waals surface area (Å²) in [4.78, 5) is 7.13. The number of aliphatic hydroxyl groups excluding tert-OH is 2. The average Bonchev–Trinajstić information content (AvgIpc) is 2.96. The summed E-state index contributed by atoms with van der Waals surface area (Å²) in [5.74, 6) is 0. The fourth-order valence-corrected chi connectivity index (χ4v) is 3.02. The van der Waals surface area contributed by atoms with Crippen LogP contribution in [0.3, 0.4) is 0 Å². The summed E-state index contributed by atoms with van der Waals surface area (Å²) < 4.78 is 5.62. The minimum Gasteiger partial charge on any atom is -0.394 e. The van der Waals surface area contributed by atoms with Crippen LogP contribution in [0.5, 0.6) is 0 Å². The lowest BCUT2D eigenvalue weighted by atomic mass is 10.1. The first-order valence-electron chi connectivity index (χ1n) is 5.74. The normalized spacial score (nSPS) is 30.9. The molecule has 2 aliphatic heterocycles. The SMILES string of the molecule is C=C1c2scnc2C=CN1[C@H]1CC(O)[C@@H](CO)O1. The van der Waals surface area contributed by atoms with Crippen molar-refractivity contribution in [2.45, 2.75) is 24.9 Å². The van der Waals surface area contributed by atoms with Crippen molar-refractivity contribution in [1.82, 2.24) is 9.88 Å². The Hall–Kier alpha value is -1.21. The third-order valence-corrected chi connectivity index (χ3v) is 4.15. The maximum atomic E-state index is 9.76. The van der Waals surface area contributed by atoms with Gasteiger partial charge in [0.05, 0.1) is 34.5 Å². The van der Waals surface area contributed by atoms with Gasteiger partial charge in [-0.2, -0.15) is 0 Å². The van der Waals surface area contributed by atoms with Gasteiger partial charge in [0.2, 0.25) is 0 Å². The maximum absolute atomic E-state index is 9.76. The molecule has 0 aromatic carbocycles. The predicted molar refractivity (Wildman–Crippen MR) is 68.4 cm³/mol. The van der Waals surface area contributed by atoms with E-state index in [0.29, 0.717) is 6.42 Å². The molecule has 6 heteroatoms. The summed E-state index contributed by atoms with van der Waals surface area (Å²) in [6.45, 7) is 3.88. The smallest absolute Gasteiger partial charge is 0.137 e. The zero-order chi connectivity index (χ0) is 12.7. The third kappa shape index (κ3) is 1.78. The lowest BCUT2D eigenvalue weighted by Crippen LogP contribution is -2.31. The molecule has 3 rings (SSSR count). The van der Waals surface area contributed by atoms with Crippen molar-refractivity contribution in [1.29, 1.82) is 0 Å². The van der Waals surface area contributed by atoms with Crippen molar-refractivity contribution >= 4 is 23.1 Å². The van der Waals surface area contributed by atoms with Gasteiger partial charge in [-0.15, -0.1) is 11.3 Å². The van der Waals surface area contributed by atoms with Crippen molar-refractivity contribution < 1.29 is 14.9 Å². The Kier molecular flexibility index (Phi) is 2.95. The average molecular weight is 266 g/mol. The zero-order valence-corrected chi connectivity index (χ0v) is 10.5. The van der Waals surface area contributed by atoms with Crippen LogP contribution >= 0.6 is 11.3 Å². The van der Waals surface area contributed by atoms with Gasteiger partial charge in [-0.05, 0) is 6.08 Å². The van der Waals surface area contributed by atoms with Crippen LogP contribution < -0.4 is 0 Å². The van der Waals surface area contributed by atoms with E-state index < -0.39 is 12.2 Å². The van der Waals surface area contributed by atoms with Gasteiger partial charge >= 0.3 is 0 Å². The van der Waals surface area contributed by atoms with Gasteiger partial charge in [-0.3, -0.25) is 0 Å². The van der Waals surface area contributed by atoms with Crippen molar-refractivity contribution in [2.24, 2.45) is 0 Å². The van der Waals surface area contributed by atoms with Crippen LogP contribution in [0.2, 0.25) is 0 Å². The Morgan fingerprint density at radius 2 is 2.44 bits per heavy atom. The molecule has 0 radical (unpaired) electrons. The van der Waals surface area contributed by atoms with E-state index in [2.05, 4.69) is 11.6 Å². The minimum absolute atomic E-state index is 0.173. The summed E-state index contributed by atoms with van der Waals surface area (Å²) in [6.07, 6.45) is 2.80. The molecule has 1 unspecified atom stereocenters. The van der Waals surface area contributed by atoms with E-state index >= 15 is 0 Å². The van der Waals surface area contributed by atoms with Gasteiger partial charge in [-0.25, -0.2) is 4.98 Å². The number of thiazole rings is 1. The van der Waals surface area contributed by atoms with Crippen LogP contribution in [-0.4, -0.2) is 45.1 Å². The molecule has 0 aliphatic carbocycles. The Morgan fingerprint density at radius 1 is 1.61 bits per heavy atom. The second-order valence-electron chi connectivity index (χ2n) is 4.35. The lowest BCUT2D eigenvalue weighted by molar-refractivity contribution is -0.0505. The summed E-state index contributed by atoms with van der Waals surface area (Å²) in [5.41, 5.74) is 3.52. The number of aliphatic hydroxyl groups is 2. The number of ether oxygens (including phenoxy) is 1. The van der Waals surface area contributed by atoms with E-state index in [4.69, 9.17) is 9.84 Å². The summed E-state index contributed by atoms with van der Waals surface area (Å²) in [5, 5.41) is 18.8. The quantitative estimate of drug-likeness (QED) is 0.831. The second kappa shape index (κ2) is 4.47. The van der Waals surface area contributed by atoms with Crippen molar-refractivity contribution in [3.05, 3.63) is 28.9 Å². The Morgan fingerprint density at radius 3 is 3.17 bits per heavy atom. The Bertz CT molecular complexity index is 499. The van der Waals surface area contributed by atoms with Gasteiger partial charge < -0.3 is 19.8 Å². The Labute approximate surface area is 109 Å². The number of nitrogens with zero attached hydrogens (tertiary/aromatic N) is 2. The standard InChI is InChI=1S/C12H14N2O3S/c1-7-12-8(13-6-18-12)2-3-14(7)11-4-9(16)10(5-15)17-11/h2-3,6,9-11,15-16H,1,4-5H2/t9?,10-,11-/m1/s1. The molecule has 1 aromatic rings. The molecule has 2 N–H and O–H groups in total. The molecule has 3 atom stereocenters. The first-order valence-corrected chi connectivity index (χ1v) is 6.62. The van der Waals surface area contributed by atoms with E-state index in [1.165, 1.54) is 11.3 Å². The van der Waals surface area contributed by atoms with Crippen LogP contribution in [0.4, 0.5) is 0 Å². The summed E-state index contributed by atoms with van der Waals surface area (Å²) >= 11 is 1.53. The molecule has 0 spiro atoms. The van der Waals surface area contributed by atoms with E-state index in [1.54, 1.807) is 5.51 Å². The monoisotopic (exact) mass is 266 g/mol. The molecule has 0 bridgehead atoms. The largest absolute Gasteiger partial charge is 0.394 e. The highest BCUT2D eigenvalue weighted by Gasteiger charge is 2.37. The van der Waals surface area contributed by atoms with Crippen molar-refractivity contribution in [2.75, 3.05) is 6.61 Å². The number of aromatic nitrogens is 1. The van der Waals surface area contributed by atoms with Crippen molar-refractivity contribution in [3.63, 3.8) is 0 Å². The fraction of sp³-hybridized carbons (Fsp3) is 0.417. The maximum Gasteiger partial charge on any atom is 0.137 e. The number of hydrogen-bond acceptors (Lipinski definition) is 6. The Balaban J connectivity index is 1.81. The van der Waals surface area contributed by atoms with Gasteiger partial charge in [0, 0.05) is 12.6 Å². The van der Waals surface area contributed by atoms with E-state index in [0.717, 1.165) is 16.3 Å². The van der Waals surface area contributed by atoms with E-state index in [-0.39, 0.29) is 12.8 Å². The molecule has 3 heterocycles. The number of hydrogen-bond donors (Lipinski definition) is 2. The third-order valence-electron chi connectivity index (χ3n) is 3.26. The highest BCUT2D eigenvalue weighted by Crippen LogP contribution is 2.35. The van der Waals surface area contributed by atoms with Crippen LogP contribution in [0.15, 0.2) is 18.3 Å². The minimum atomic E-state index is -0.635. The molecule has 2 aliphatic rings. The first-order chi connectivity index (χ1) is 8.70. The molecular formula is C12H14N2O3S. The van der Waals surface area contributed by atoms with Crippen LogP contribution in [0.25, 0.3) is 11.8 Å². The van der Waals surface area contributed by atoms with E-state index in [1.807, 2.05) is 17.2 Å².